The third-order valence-electron chi connectivity index (χ3n) is 3.20. The lowest BCUT2D eigenvalue weighted by atomic mass is 9.97. The van der Waals surface area contributed by atoms with Crippen LogP contribution in [0, 0.1) is 12.8 Å². The number of rotatable bonds is 4. The van der Waals surface area contributed by atoms with Crippen LogP contribution in [0.4, 0.5) is 5.69 Å². The molecule has 2 N–H and O–H groups in total. The molecule has 0 saturated carbocycles. The molecule has 1 aromatic rings. The topological polar surface area (TPSA) is 58.7 Å². The Bertz CT molecular complexity index is 482. The maximum atomic E-state index is 12.3. The predicted octanol–water partition coefficient (Wildman–Crippen LogP) is 2.07. The third kappa shape index (κ3) is 2.29. The summed E-state index contributed by atoms with van der Waals surface area (Å²) in [6.07, 6.45) is 1.46. The van der Waals surface area contributed by atoms with Gasteiger partial charge < -0.3 is 5.73 Å². The van der Waals surface area contributed by atoms with Gasteiger partial charge in [0.05, 0.1) is 17.3 Å². The Hall–Kier alpha value is -1.68. The number of nitrogens with two attached hydrogens (primary N) is 1. The van der Waals surface area contributed by atoms with Crippen molar-refractivity contribution in [2.75, 3.05) is 11.6 Å². The molecule has 1 amide bonds. The van der Waals surface area contributed by atoms with Gasteiger partial charge in [-0.05, 0) is 44.0 Å². The molecule has 1 aliphatic rings. The van der Waals surface area contributed by atoms with Gasteiger partial charge in [0.1, 0.15) is 0 Å². The fraction of sp³-hybridized carbons (Fsp3) is 0.429. The summed E-state index contributed by atoms with van der Waals surface area (Å²) in [6.45, 7) is 4.54. The Morgan fingerprint density at radius 1 is 1.44 bits per heavy atom. The fourth-order valence-electron chi connectivity index (χ4n) is 2.26. The average Bonchev–Trinajstić information content (AvgIpc) is 2.67. The largest absolute Gasteiger partial charge is 0.330 e. The molecule has 0 aromatic heterocycles. The maximum Gasteiger partial charge on any atom is 0.256 e. The van der Waals surface area contributed by atoms with Gasteiger partial charge >= 0.3 is 0 Å². The summed E-state index contributed by atoms with van der Waals surface area (Å²) in [6, 6.07) is 7.83. The van der Waals surface area contributed by atoms with E-state index in [-0.39, 0.29) is 11.8 Å². The molecule has 0 spiro atoms. The predicted molar refractivity (Wildman–Crippen MR) is 73.6 cm³/mol. The third-order valence-corrected chi connectivity index (χ3v) is 3.20. The van der Waals surface area contributed by atoms with Crippen molar-refractivity contribution in [1.82, 2.24) is 0 Å². The standard InChI is InChI=1S/C14H19N3O/c1-3-13-12(7-8-15)14(18)17(16-13)11-6-4-5-10(2)9-11/h4-6,9,12H,3,7-8,15H2,1-2H3. The molecule has 96 valence electrons. The lowest BCUT2D eigenvalue weighted by Gasteiger charge is -2.14. The summed E-state index contributed by atoms with van der Waals surface area (Å²) in [5.41, 5.74) is 8.47. The zero-order valence-electron chi connectivity index (χ0n) is 10.9. The van der Waals surface area contributed by atoms with Gasteiger partial charge in [-0.15, -0.1) is 0 Å². The van der Waals surface area contributed by atoms with Crippen LogP contribution in [0.15, 0.2) is 29.4 Å². The van der Waals surface area contributed by atoms with E-state index in [4.69, 9.17) is 5.73 Å². The van der Waals surface area contributed by atoms with E-state index >= 15 is 0 Å². The van der Waals surface area contributed by atoms with Crippen LogP contribution in [-0.4, -0.2) is 18.2 Å². The van der Waals surface area contributed by atoms with Crippen molar-refractivity contribution in [1.29, 1.82) is 0 Å². The van der Waals surface area contributed by atoms with Crippen LogP contribution in [0.3, 0.4) is 0 Å². The van der Waals surface area contributed by atoms with Crippen LogP contribution in [0.5, 0.6) is 0 Å². The van der Waals surface area contributed by atoms with Crippen molar-refractivity contribution < 1.29 is 4.79 Å². The van der Waals surface area contributed by atoms with Crippen molar-refractivity contribution in [3.05, 3.63) is 29.8 Å². The summed E-state index contributed by atoms with van der Waals surface area (Å²) in [5, 5.41) is 5.96. The van der Waals surface area contributed by atoms with Crippen molar-refractivity contribution in [2.24, 2.45) is 16.8 Å². The molecule has 2 rings (SSSR count). The quantitative estimate of drug-likeness (QED) is 0.882. The van der Waals surface area contributed by atoms with Gasteiger partial charge in [0.15, 0.2) is 0 Å². The number of benzene rings is 1. The van der Waals surface area contributed by atoms with Crippen LogP contribution in [0.25, 0.3) is 0 Å². The summed E-state index contributed by atoms with van der Waals surface area (Å²) in [7, 11) is 0. The Labute approximate surface area is 107 Å². The van der Waals surface area contributed by atoms with Gasteiger partial charge in [0, 0.05) is 0 Å². The van der Waals surface area contributed by atoms with Gasteiger partial charge in [-0.1, -0.05) is 19.1 Å². The molecule has 1 heterocycles. The first-order valence-electron chi connectivity index (χ1n) is 6.35. The minimum atomic E-state index is -0.138. The van der Waals surface area contributed by atoms with E-state index < -0.39 is 0 Å². The number of nitrogens with zero attached hydrogens (tertiary/aromatic N) is 2. The molecule has 4 nitrogen and oxygen atoms in total. The summed E-state index contributed by atoms with van der Waals surface area (Å²) >= 11 is 0. The fourth-order valence-corrected chi connectivity index (χ4v) is 2.26. The van der Waals surface area contributed by atoms with Gasteiger partial charge in [0.25, 0.3) is 5.91 Å². The van der Waals surface area contributed by atoms with Gasteiger partial charge in [-0.25, -0.2) is 5.01 Å². The molecule has 1 atom stereocenters. The number of hydrogen-bond donors (Lipinski definition) is 1. The highest BCUT2D eigenvalue weighted by atomic mass is 16.2. The molecule has 0 aliphatic carbocycles. The van der Waals surface area contributed by atoms with Crippen LogP contribution in [0.1, 0.15) is 25.3 Å². The van der Waals surface area contributed by atoms with E-state index in [1.54, 1.807) is 0 Å². The highest BCUT2D eigenvalue weighted by molar-refractivity contribution is 6.15. The number of hydrazone groups is 1. The lowest BCUT2D eigenvalue weighted by molar-refractivity contribution is -0.119. The van der Waals surface area contributed by atoms with E-state index in [0.29, 0.717) is 13.0 Å². The SMILES string of the molecule is CCC1=NN(c2cccc(C)c2)C(=O)C1CCN. The van der Waals surface area contributed by atoms with E-state index in [9.17, 15) is 4.79 Å². The van der Waals surface area contributed by atoms with E-state index in [1.165, 1.54) is 5.01 Å². The number of anilines is 1. The molecular formula is C14H19N3O. The van der Waals surface area contributed by atoms with Crippen molar-refractivity contribution in [2.45, 2.75) is 26.7 Å². The molecule has 1 unspecified atom stereocenters. The zero-order valence-corrected chi connectivity index (χ0v) is 10.9. The summed E-state index contributed by atoms with van der Waals surface area (Å²) in [5.74, 6) is -0.0941. The van der Waals surface area contributed by atoms with Crippen LogP contribution in [0.2, 0.25) is 0 Å². The second-order valence-electron chi connectivity index (χ2n) is 4.56. The molecule has 0 saturated heterocycles. The highest BCUT2D eigenvalue weighted by Gasteiger charge is 2.34. The molecule has 4 heteroatoms. The van der Waals surface area contributed by atoms with Gasteiger partial charge in [-0.2, -0.15) is 5.10 Å². The first-order chi connectivity index (χ1) is 8.67. The smallest absolute Gasteiger partial charge is 0.256 e. The Balaban J connectivity index is 2.30. The highest BCUT2D eigenvalue weighted by Crippen LogP contribution is 2.27. The van der Waals surface area contributed by atoms with Crippen LogP contribution in [-0.2, 0) is 4.79 Å². The second-order valence-corrected chi connectivity index (χ2v) is 4.56. The van der Waals surface area contributed by atoms with Crippen molar-refractivity contribution in [3.8, 4) is 0 Å². The molecule has 18 heavy (non-hydrogen) atoms. The Kier molecular flexibility index (Phi) is 3.77. The molecular weight excluding hydrogens is 226 g/mol. The number of amides is 1. The number of hydrogen-bond acceptors (Lipinski definition) is 3. The number of aryl methyl sites for hydroxylation is 1. The van der Waals surface area contributed by atoms with Gasteiger partial charge in [0.2, 0.25) is 0 Å². The minimum absolute atomic E-state index is 0.0444. The second kappa shape index (κ2) is 5.31. The van der Waals surface area contributed by atoms with E-state index in [1.807, 2.05) is 38.1 Å². The van der Waals surface area contributed by atoms with E-state index in [2.05, 4.69) is 5.10 Å². The van der Waals surface area contributed by atoms with Crippen LogP contribution >= 0.6 is 0 Å². The molecule has 1 aromatic carbocycles. The monoisotopic (exact) mass is 245 g/mol. The first kappa shape index (κ1) is 12.8. The van der Waals surface area contributed by atoms with Crippen LogP contribution < -0.4 is 10.7 Å². The maximum absolute atomic E-state index is 12.3. The molecule has 0 radical (unpaired) electrons. The Morgan fingerprint density at radius 2 is 2.22 bits per heavy atom. The molecule has 1 aliphatic heterocycles. The zero-order chi connectivity index (χ0) is 13.1. The van der Waals surface area contributed by atoms with Crippen molar-refractivity contribution >= 4 is 17.3 Å². The number of carbonyl (C=O) groups is 1. The first-order valence-corrected chi connectivity index (χ1v) is 6.35. The number of carbonyl (C=O) groups excluding carboxylic acids is 1. The normalized spacial score (nSPS) is 19.3. The van der Waals surface area contributed by atoms with E-state index in [0.717, 1.165) is 23.4 Å². The van der Waals surface area contributed by atoms with Crippen molar-refractivity contribution in [3.63, 3.8) is 0 Å². The van der Waals surface area contributed by atoms with Gasteiger partial charge in [-0.3, -0.25) is 4.79 Å². The Morgan fingerprint density at radius 3 is 2.83 bits per heavy atom. The molecule has 0 bridgehead atoms. The molecule has 0 fully saturated rings. The average molecular weight is 245 g/mol. The lowest BCUT2D eigenvalue weighted by Crippen LogP contribution is -2.29. The summed E-state index contributed by atoms with van der Waals surface area (Å²) < 4.78 is 0. The minimum Gasteiger partial charge on any atom is -0.330 e. The summed E-state index contributed by atoms with van der Waals surface area (Å²) in [4.78, 5) is 12.3.